The Labute approximate surface area is 104 Å². The zero-order chi connectivity index (χ0) is 13.8. The number of carbonyl (C=O) groups is 1. The van der Waals surface area contributed by atoms with E-state index in [0.717, 1.165) is 0 Å². The van der Waals surface area contributed by atoms with Crippen molar-refractivity contribution in [1.82, 2.24) is 5.32 Å². The van der Waals surface area contributed by atoms with Crippen LogP contribution < -0.4 is 11.1 Å². The lowest BCUT2D eigenvalue weighted by molar-refractivity contribution is -0.184. The maximum absolute atomic E-state index is 12.6. The molecule has 0 spiro atoms. The summed E-state index contributed by atoms with van der Waals surface area (Å²) in [6.07, 6.45) is -3.07. The Kier molecular flexibility index (Phi) is 5.40. The van der Waals surface area contributed by atoms with Gasteiger partial charge < -0.3 is 15.8 Å². The van der Waals surface area contributed by atoms with E-state index in [1.807, 2.05) is 0 Å². The van der Waals surface area contributed by atoms with Gasteiger partial charge >= 0.3 is 6.18 Å². The summed E-state index contributed by atoms with van der Waals surface area (Å²) in [5, 5.41) is 2.56. The molecular formula is C11H19F3N2O2. The molecule has 1 aliphatic rings. The highest BCUT2D eigenvalue weighted by molar-refractivity contribution is 5.81. The number of carbonyl (C=O) groups excluding carboxylic acids is 1. The van der Waals surface area contributed by atoms with Gasteiger partial charge in [-0.25, -0.2) is 0 Å². The average Bonchev–Trinajstić information content (AvgIpc) is 2.28. The van der Waals surface area contributed by atoms with E-state index in [2.05, 4.69) is 5.32 Å². The summed E-state index contributed by atoms with van der Waals surface area (Å²) in [4.78, 5) is 11.6. The lowest BCUT2D eigenvalue weighted by Gasteiger charge is -2.31. The highest BCUT2D eigenvalue weighted by Crippen LogP contribution is 2.37. The number of amides is 1. The molecule has 3 N–H and O–H groups in total. The second-order valence-corrected chi connectivity index (χ2v) is 4.67. The molecule has 0 heterocycles. The number of alkyl halides is 3. The molecule has 106 valence electrons. The van der Waals surface area contributed by atoms with Gasteiger partial charge in [-0.2, -0.15) is 13.2 Å². The van der Waals surface area contributed by atoms with Crippen LogP contribution in [0.15, 0.2) is 0 Å². The third-order valence-corrected chi connectivity index (χ3v) is 3.17. The second-order valence-electron chi connectivity index (χ2n) is 4.67. The van der Waals surface area contributed by atoms with Crippen LogP contribution in [-0.2, 0) is 9.53 Å². The molecular weight excluding hydrogens is 249 g/mol. The van der Waals surface area contributed by atoms with Crippen LogP contribution in [0, 0.1) is 5.92 Å². The van der Waals surface area contributed by atoms with Crippen LogP contribution in [-0.4, -0.2) is 37.9 Å². The predicted octanol–water partition coefficient (Wildman–Crippen LogP) is 1.20. The summed E-state index contributed by atoms with van der Waals surface area (Å²) in [5.41, 5.74) is 5.51. The molecule has 0 bridgehead atoms. The number of halogens is 3. The maximum atomic E-state index is 12.6. The lowest BCUT2D eigenvalue weighted by atomic mass is 9.85. The van der Waals surface area contributed by atoms with Crippen molar-refractivity contribution in [3.63, 3.8) is 0 Å². The number of nitrogens with one attached hydrogen (secondary N) is 1. The van der Waals surface area contributed by atoms with Crippen molar-refractivity contribution < 1.29 is 22.7 Å². The Morgan fingerprint density at radius 2 is 2.17 bits per heavy atom. The van der Waals surface area contributed by atoms with Gasteiger partial charge in [0.1, 0.15) is 6.04 Å². The van der Waals surface area contributed by atoms with Gasteiger partial charge in [0.25, 0.3) is 0 Å². The Balaban J connectivity index is 2.45. The molecule has 1 rings (SSSR count). The summed E-state index contributed by atoms with van der Waals surface area (Å²) in [7, 11) is 1.41. The number of hydrogen-bond acceptors (Lipinski definition) is 3. The quantitative estimate of drug-likeness (QED) is 0.805. The van der Waals surface area contributed by atoms with Gasteiger partial charge in [-0.05, 0) is 19.3 Å². The SMILES string of the molecule is COCC(N)C(=O)NC1CCCC(C(F)(F)F)C1. The number of ether oxygens (including phenoxy) is 1. The van der Waals surface area contributed by atoms with Crippen molar-refractivity contribution in [2.45, 2.75) is 43.9 Å². The number of methoxy groups -OCH3 is 1. The van der Waals surface area contributed by atoms with Crippen molar-refractivity contribution in [3.05, 3.63) is 0 Å². The van der Waals surface area contributed by atoms with Gasteiger partial charge in [0, 0.05) is 13.2 Å². The van der Waals surface area contributed by atoms with Crippen LogP contribution in [0.1, 0.15) is 25.7 Å². The van der Waals surface area contributed by atoms with Crippen LogP contribution in [0.2, 0.25) is 0 Å². The highest BCUT2D eigenvalue weighted by Gasteiger charge is 2.42. The van der Waals surface area contributed by atoms with Gasteiger partial charge in [0.2, 0.25) is 5.91 Å². The average molecular weight is 268 g/mol. The standard InChI is InChI=1S/C11H19F3N2O2/c1-18-6-9(15)10(17)16-8-4-2-3-7(5-8)11(12,13)14/h7-9H,2-6,15H2,1H3,(H,16,17). The molecule has 1 fully saturated rings. The first-order valence-corrected chi connectivity index (χ1v) is 5.96. The van der Waals surface area contributed by atoms with Crippen molar-refractivity contribution in [2.24, 2.45) is 11.7 Å². The minimum atomic E-state index is -4.18. The second kappa shape index (κ2) is 6.38. The molecule has 7 heteroatoms. The van der Waals surface area contributed by atoms with E-state index in [1.54, 1.807) is 0 Å². The molecule has 3 unspecified atom stereocenters. The molecule has 4 nitrogen and oxygen atoms in total. The molecule has 0 aromatic heterocycles. The third-order valence-electron chi connectivity index (χ3n) is 3.17. The lowest BCUT2D eigenvalue weighted by Crippen LogP contribution is -2.49. The van der Waals surface area contributed by atoms with Gasteiger partial charge in [-0.15, -0.1) is 0 Å². The van der Waals surface area contributed by atoms with E-state index in [-0.39, 0.29) is 19.4 Å². The fourth-order valence-corrected chi connectivity index (χ4v) is 2.18. The normalized spacial score (nSPS) is 26.7. The van der Waals surface area contributed by atoms with Crippen LogP contribution in [0.3, 0.4) is 0 Å². The Morgan fingerprint density at radius 3 is 2.72 bits per heavy atom. The fourth-order valence-electron chi connectivity index (χ4n) is 2.18. The Bertz CT molecular complexity index is 284. The highest BCUT2D eigenvalue weighted by atomic mass is 19.4. The summed E-state index contributed by atoms with van der Waals surface area (Å²) in [6.45, 7) is 0.0568. The van der Waals surface area contributed by atoms with Crippen molar-refractivity contribution in [2.75, 3.05) is 13.7 Å². The van der Waals surface area contributed by atoms with Gasteiger partial charge in [0.15, 0.2) is 0 Å². The monoisotopic (exact) mass is 268 g/mol. The molecule has 0 radical (unpaired) electrons. The molecule has 1 aliphatic carbocycles. The number of nitrogens with two attached hydrogens (primary N) is 1. The topological polar surface area (TPSA) is 64.3 Å². The van der Waals surface area contributed by atoms with Crippen molar-refractivity contribution >= 4 is 5.91 Å². The molecule has 0 aromatic carbocycles. The Hall–Kier alpha value is -0.820. The van der Waals surface area contributed by atoms with E-state index >= 15 is 0 Å². The van der Waals surface area contributed by atoms with E-state index < -0.39 is 30.1 Å². The molecule has 18 heavy (non-hydrogen) atoms. The predicted molar refractivity (Wildman–Crippen MR) is 59.8 cm³/mol. The van der Waals surface area contributed by atoms with E-state index in [1.165, 1.54) is 7.11 Å². The van der Waals surface area contributed by atoms with Crippen LogP contribution >= 0.6 is 0 Å². The first-order chi connectivity index (χ1) is 8.34. The van der Waals surface area contributed by atoms with E-state index in [0.29, 0.717) is 12.8 Å². The van der Waals surface area contributed by atoms with Crippen LogP contribution in [0.5, 0.6) is 0 Å². The first-order valence-electron chi connectivity index (χ1n) is 5.96. The smallest absolute Gasteiger partial charge is 0.383 e. The number of rotatable bonds is 4. The fraction of sp³-hybridized carbons (Fsp3) is 0.909. The van der Waals surface area contributed by atoms with Crippen LogP contribution in [0.25, 0.3) is 0 Å². The molecule has 3 atom stereocenters. The maximum Gasteiger partial charge on any atom is 0.391 e. The largest absolute Gasteiger partial charge is 0.391 e. The molecule has 1 amide bonds. The molecule has 0 aromatic rings. The molecule has 1 saturated carbocycles. The zero-order valence-corrected chi connectivity index (χ0v) is 10.3. The molecule has 0 aliphatic heterocycles. The third kappa shape index (κ3) is 4.45. The Morgan fingerprint density at radius 1 is 1.50 bits per heavy atom. The number of hydrogen-bond donors (Lipinski definition) is 2. The van der Waals surface area contributed by atoms with E-state index in [9.17, 15) is 18.0 Å². The minimum absolute atomic E-state index is 0.0568. The first kappa shape index (κ1) is 15.2. The van der Waals surface area contributed by atoms with Crippen LogP contribution in [0.4, 0.5) is 13.2 Å². The van der Waals surface area contributed by atoms with Gasteiger partial charge in [-0.1, -0.05) is 6.42 Å². The summed E-state index contributed by atoms with van der Waals surface area (Å²) < 4.78 is 42.4. The summed E-state index contributed by atoms with van der Waals surface area (Å²) >= 11 is 0. The molecule has 0 saturated heterocycles. The van der Waals surface area contributed by atoms with Gasteiger partial charge in [0.05, 0.1) is 12.5 Å². The van der Waals surface area contributed by atoms with E-state index in [4.69, 9.17) is 10.5 Å². The van der Waals surface area contributed by atoms with Crippen molar-refractivity contribution in [3.8, 4) is 0 Å². The zero-order valence-electron chi connectivity index (χ0n) is 10.3. The van der Waals surface area contributed by atoms with Gasteiger partial charge in [-0.3, -0.25) is 4.79 Å². The summed E-state index contributed by atoms with van der Waals surface area (Å²) in [5.74, 6) is -1.78. The summed E-state index contributed by atoms with van der Waals surface area (Å²) in [6, 6.07) is -1.28. The minimum Gasteiger partial charge on any atom is -0.383 e. The van der Waals surface area contributed by atoms with Crippen molar-refractivity contribution in [1.29, 1.82) is 0 Å².